The zero-order valence-electron chi connectivity index (χ0n) is 21.0. The van der Waals surface area contributed by atoms with Crippen molar-refractivity contribution >= 4 is 60.0 Å². The maximum atomic E-state index is 12.4. The fraction of sp³-hybridized carbons (Fsp3) is 0.174. The van der Waals surface area contributed by atoms with E-state index in [1.54, 1.807) is 12.1 Å². The van der Waals surface area contributed by atoms with Gasteiger partial charge in [0, 0.05) is 0 Å². The topological polar surface area (TPSA) is 246 Å². The third kappa shape index (κ3) is 6.57. The van der Waals surface area contributed by atoms with Gasteiger partial charge in [0.25, 0.3) is 10.1 Å². The zero-order chi connectivity index (χ0) is 29.7. The molecule has 15 nitrogen and oxygen atoms in total. The molecule has 3 aromatic rings. The Labute approximate surface area is 228 Å². The van der Waals surface area contributed by atoms with Gasteiger partial charge in [0.2, 0.25) is 0 Å². The van der Waals surface area contributed by atoms with Crippen molar-refractivity contribution in [1.82, 2.24) is 0 Å². The number of hydrogen-bond acceptors (Lipinski definition) is 14. The standard InChI is InChI=1S/C23H24N6O9S2/c1-37-18-8-7-13(39(32,33)10-9-30)11-16(18)27-28-17-12-19(40(34,35)36)21(25)22(20(17)24)29-26-15-6-4-3-5-14(15)23(31)38-2/h3-8,11-12,30H,9-10,24-25H2,1-2H3,(H,34,35,36)/b28-27+,29-26+. The molecule has 0 spiro atoms. The Kier molecular flexibility index (Phi) is 9.15. The molecular weight excluding hydrogens is 568 g/mol. The molecule has 0 unspecified atom stereocenters. The molecule has 0 saturated carbocycles. The molecule has 0 radical (unpaired) electrons. The van der Waals surface area contributed by atoms with Crippen LogP contribution in [0.1, 0.15) is 10.4 Å². The Bertz CT molecular complexity index is 1720. The van der Waals surface area contributed by atoms with Gasteiger partial charge in [-0.1, -0.05) is 12.1 Å². The highest BCUT2D eigenvalue weighted by Crippen LogP contribution is 2.43. The van der Waals surface area contributed by atoms with E-state index < -0.39 is 54.6 Å². The minimum absolute atomic E-state index is 0.0409. The lowest BCUT2D eigenvalue weighted by Gasteiger charge is -2.11. The van der Waals surface area contributed by atoms with Gasteiger partial charge in [-0.25, -0.2) is 13.2 Å². The van der Waals surface area contributed by atoms with Crippen LogP contribution in [0.15, 0.2) is 78.8 Å². The summed E-state index contributed by atoms with van der Waals surface area (Å²) in [4.78, 5) is 11.1. The number of sulfone groups is 1. The van der Waals surface area contributed by atoms with Gasteiger partial charge in [0.05, 0.1) is 48.4 Å². The molecule has 0 aromatic heterocycles. The van der Waals surface area contributed by atoms with Gasteiger partial charge in [-0.05, 0) is 36.4 Å². The van der Waals surface area contributed by atoms with Crippen molar-refractivity contribution in [3.63, 3.8) is 0 Å². The smallest absolute Gasteiger partial charge is 0.340 e. The number of esters is 1. The number of aliphatic hydroxyl groups is 1. The number of carbonyl (C=O) groups is 1. The number of ether oxygens (including phenoxy) is 2. The number of nitrogens with two attached hydrogens (primary N) is 2. The molecule has 3 rings (SSSR count). The predicted molar refractivity (Wildman–Crippen MR) is 143 cm³/mol. The predicted octanol–water partition coefficient (Wildman–Crippen LogP) is 3.49. The average Bonchev–Trinajstić information content (AvgIpc) is 2.91. The maximum absolute atomic E-state index is 12.4. The number of azo groups is 2. The molecule has 40 heavy (non-hydrogen) atoms. The van der Waals surface area contributed by atoms with Crippen LogP contribution in [-0.2, 0) is 24.7 Å². The van der Waals surface area contributed by atoms with Crippen LogP contribution in [0.5, 0.6) is 5.75 Å². The van der Waals surface area contributed by atoms with Crippen LogP contribution >= 0.6 is 0 Å². The quantitative estimate of drug-likeness (QED) is 0.115. The highest BCUT2D eigenvalue weighted by Gasteiger charge is 2.23. The van der Waals surface area contributed by atoms with Gasteiger partial charge in [0.1, 0.15) is 33.4 Å². The Balaban J connectivity index is 2.18. The molecule has 0 atom stereocenters. The molecule has 0 saturated heterocycles. The van der Waals surface area contributed by atoms with Gasteiger partial charge in [-0.3, -0.25) is 4.55 Å². The van der Waals surface area contributed by atoms with Crippen LogP contribution in [0.4, 0.5) is 34.1 Å². The van der Waals surface area contributed by atoms with E-state index in [2.05, 4.69) is 20.5 Å². The molecule has 212 valence electrons. The number of carbonyl (C=O) groups excluding carboxylic acids is 1. The SMILES string of the molecule is COC(=O)c1ccccc1/N=N/c1c(N)c(/N=N/c2cc(S(=O)(=O)CCO)ccc2OC)cc(S(=O)(=O)O)c1N. The lowest BCUT2D eigenvalue weighted by molar-refractivity contribution is 0.0601. The van der Waals surface area contributed by atoms with Gasteiger partial charge in [-0.15, -0.1) is 20.5 Å². The van der Waals surface area contributed by atoms with Gasteiger partial charge in [-0.2, -0.15) is 8.42 Å². The summed E-state index contributed by atoms with van der Waals surface area (Å²) >= 11 is 0. The van der Waals surface area contributed by atoms with E-state index in [1.807, 2.05) is 0 Å². The molecule has 3 aromatic carbocycles. The first-order valence-electron chi connectivity index (χ1n) is 11.1. The van der Waals surface area contributed by atoms with E-state index in [0.29, 0.717) is 0 Å². The molecule has 0 bridgehead atoms. The van der Waals surface area contributed by atoms with E-state index in [9.17, 15) is 26.2 Å². The summed E-state index contributed by atoms with van der Waals surface area (Å²) < 4.78 is 68.4. The van der Waals surface area contributed by atoms with Crippen molar-refractivity contribution in [2.45, 2.75) is 9.79 Å². The normalized spacial score (nSPS) is 12.2. The monoisotopic (exact) mass is 592 g/mol. The van der Waals surface area contributed by atoms with Crippen molar-refractivity contribution < 1.29 is 40.8 Å². The van der Waals surface area contributed by atoms with Crippen molar-refractivity contribution in [3.8, 4) is 5.75 Å². The molecular formula is C23H24N6O9S2. The number of nitrogen functional groups attached to an aromatic ring is 2. The largest absolute Gasteiger partial charge is 0.494 e. The van der Waals surface area contributed by atoms with Crippen LogP contribution in [0.25, 0.3) is 0 Å². The number of aliphatic hydroxyl groups excluding tert-OH is 1. The third-order valence-corrected chi connectivity index (χ3v) is 7.89. The molecule has 0 aliphatic carbocycles. The minimum atomic E-state index is -4.92. The zero-order valence-corrected chi connectivity index (χ0v) is 22.7. The number of rotatable bonds is 10. The second-order valence-corrected chi connectivity index (χ2v) is 11.3. The fourth-order valence-corrected chi connectivity index (χ4v) is 4.98. The lowest BCUT2D eigenvalue weighted by Crippen LogP contribution is -2.09. The Morgan fingerprint density at radius 3 is 2.15 bits per heavy atom. The minimum Gasteiger partial charge on any atom is -0.494 e. The second-order valence-electron chi connectivity index (χ2n) is 7.83. The third-order valence-electron chi connectivity index (χ3n) is 5.30. The summed E-state index contributed by atoms with van der Waals surface area (Å²) in [7, 11) is -6.30. The van der Waals surface area contributed by atoms with Crippen molar-refractivity contribution in [2.75, 3.05) is 38.0 Å². The highest BCUT2D eigenvalue weighted by molar-refractivity contribution is 7.91. The van der Waals surface area contributed by atoms with E-state index in [1.165, 1.54) is 38.5 Å². The molecule has 0 aliphatic heterocycles. The van der Waals surface area contributed by atoms with E-state index >= 15 is 0 Å². The Morgan fingerprint density at radius 1 is 0.875 bits per heavy atom. The van der Waals surface area contributed by atoms with Crippen LogP contribution < -0.4 is 16.2 Å². The van der Waals surface area contributed by atoms with Gasteiger partial charge < -0.3 is 26.0 Å². The summed E-state index contributed by atoms with van der Waals surface area (Å²) in [6, 6.07) is 10.5. The highest BCUT2D eigenvalue weighted by atomic mass is 32.2. The number of hydrogen-bond donors (Lipinski definition) is 4. The first-order chi connectivity index (χ1) is 18.8. The lowest BCUT2D eigenvalue weighted by atomic mass is 10.2. The van der Waals surface area contributed by atoms with Crippen molar-refractivity contribution in [1.29, 1.82) is 0 Å². The number of nitrogens with zero attached hydrogens (tertiary/aromatic N) is 4. The summed E-state index contributed by atoms with van der Waals surface area (Å²) in [5.41, 5.74) is 10.5. The van der Waals surface area contributed by atoms with Crippen molar-refractivity contribution in [3.05, 3.63) is 54.1 Å². The molecule has 6 N–H and O–H groups in total. The first-order valence-corrected chi connectivity index (χ1v) is 14.1. The number of methoxy groups -OCH3 is 2. The maximum Gasteiger partial charge on any atom is 0.340 e. The number of benzene rings is 3. The van der Waals surface area contributed by atoms with Gasteiger partial charge >= 0.3 is 5.97 Å². The van der Waals surface area contributed by atoms with Crippen LogP contribution in [-0.4, -0.2) is 59.0 Å². The van der Waals surface area contributed by atoms with E-state index in [-0.39, 0.29) is 39.0 Å². The molecule has 17 heteroatoms. The van der Waals surface area contributed by atoms with Crippen LogP contribution in [0, 0.1) is 0 Å². The van der Waals surface area contributed by atoms with E-state index in [0.717, 1.165) is 12.1 Å². The molecule has 0 aliphatic rings. The summed E-state index contributed by atoms with van der Waals surface area (Å²) in [5.74, 6) is -1.14. The summed E-state index contributed by atoms with van der Waals surface area (Å²) in [6.45, 7) is -0.604. The second kappa shape index (κ2) is 12.2. The summed E-state index contributed by atoms with van der Waals surface area (Å²) in [5, 5.41) is 24.8. The molecule has 0 heterocycles. The van der Waals surface area contributed by atoms with Crippen LogP contribution in [0.3, 0.4) is 0 Å². The Hall–Kier alpha value is -4.45. The van der Waals surface area contributed by atoms with Crippen molar-refractivity contribution in [2.24, 2.45) is 20.5 Å². The summed E-state index contributed by atoms with van der Waals surface area (Å²) in [6.07, 6.45) is 0. The first kappa shape index (κ1) is 30.1. The fourth-order valence-electron chi connectivity index (χ4n) is 3.30. The number of anilines is 2. The molecule has 0 amide bonds. The van der Waals surface area contributed by atoms with E-state index in [4.69, 9.17) is 26.0 Å². The average molecular weight is 593 g/mol. The van der Waals surface area contributed by atoms with Gasteiger partial charge in [0.15, 0.2) is 9.84 Å². The molecule has 0 fully saturated rings. The van der Waals surface area contributed by atoms with Crippen LogP contribution in [0.2, 0.25) is 0 Å². The Morgan fingerprint density at radius 2 is 1.52 bits per heavy atom.